The van der Waals surface area contributed by atoms with Crippen LogP contribution in [0.1, 0.15) is 131 Å². The number of unbranched alkanes of at least 4 members (excludes halogenated alkanes) is 14. The van der Waals surface area contributed by atoms with E-state index >= 15 is 0 Å². The van der Waals surface area contributed by atoms with Gasteiger partial charge in [-0.15, -0.1) is 0 Å². The van der Waals surface area contributed by atoms with Gasteiger partial charge < -0.3 is 4.74 Å². The average Bonchev–Trinajstić information content (AvgIpc) is 2.92. The second kappa shape index (κ2) is 20.4. The monoisotopic (exact) mass is 598 g/mol. The number of nitrogens with one attached hydrogen (secondary N) is 1. The van der Waals surface area contributed by atoms with Crippen LogP contribution >= 0.6 is 15.9 Å². The third kappa shape index (κ3) is 14.5. The Balaban J connectivity index is 1.58. The van der Waals surface area contributed by atoms with Gasteiger partial charge in [-0.25, -0.2) is 10.2 Å². The summed E-state index contributed by atoms with van der Waals surface area (Å²) in [5.41, 5.74) is 4.55. The van der Waals surface area contributed by atoms with E-state index in [-0.39, 0.29) is 5.91 Å². The van der Waals surface area contributed by atoms with Gasteiger partial charge in [-0.1, -0.05) is 131 Å². The molecule has 5 nitrogen and oxygen atoms in total. The molecule has 6 heteroatoms. The number of esters is 1. The van der Waals surface area contributed by atoms with Crippen molar-refractivity contribution in [3.05, 3.63) is 63.6 Å². The molecule has 0 heterocycles. The van der Waals surface area contributed by atoms with Gasteiger partial charge in [-0.3, -0.25) is 4.79 Å². The lowest BCUT2D eigenvalue weighted by Crippen LogP contribution is -2.17. The van der Waals surface area contributed by atoms with Gasteiger partial charge in [0, 0.05) is 16.5 Å². The number of halogens is 1. The second-order valence-corrected chi connectivity index (χ2v) is 11.3. The van der Waals surface area contributed by atoms with Crippen molar-refractivity contribution < 1.29 is 14.3 Å². The van der Waals surface area contributed by atoms with Crippen LogP contribution in [0.3, 0.4) is 0 Å². The first-order valence-corrected chi connectivity index (χ1v) is 15.7. The molecule has 0 radical (unpaired) electrons. The number of carbonyl (C=O) groups is 2. The standard InChI is InChI=1S/C33H47BrN2O3/c1-3-4-5-6-7-8-9-10-11-12-13-14-15-16-17-22-32(37)36-35-26-28-25-29(34)23-24-31(28)39-33(38)30-21-19-18-20-27(30)2/h18-21,23-26H,3-17,22H2,1-2H3,(H,36,37). The normalized spacial score (nSPS) is 11.2. The van der Waals surface area contributed by atoms with Crippen molar-refractivity contribution in [2.75, 3.05) is 0 Å². The van der Waals surface area contributed by atoms with Gasteiger partial charge in [0.25, 0.3) is 0 Å². The van der Waals surface area contributed by atoms with E-state index in [9.17, 15) is 9.59 Å². The minimum atomic E-state index is -0.428. The summed E-state index contributed by atoms with van der Waals surface area (Å²) >= 11 is 3.44. The molecule has 39 heavy (non-hydrogen) atoms. The molecule has 0 atom stereocenters. The van der Waals surface area contributed by atoms with Crippen LogP contribution in [-0.2, 0) is 4.79 Å². The molecule has 2 aromatic carbocycles. The average molecular weight is 600 g/mol. The van der Waals surface area contributed by atoms with E-state index in [1.165, 1.54) is 89.7 Å². The minimum Gasteiger partial charge on any atom is -0.422 e. The van der Waals surface area contributed by atoms with Crippen molar-refractivity contribution in [1.29, 1.82) is 0 Å². The van der Waals surface area contributed by atoms with Gasteiger partial charge in [0.2, 0.25) is 5.91 Å². The van der Waals surface area contributed by atoms with E-state index in [1.54, 1.807) is 24.3 Å². The fourth-order valence-electron chi connectivity index (χ4n) is 4.56. The van der Waals surface area contributed by atoms with Crippen LogP contribution in [0.15, 0.2) is 52.0 Å². The zero-order chi connectivity index (χ0) is 28.1. The number of carbonyl (C=O) groups excluding carboxylic acids is 2. The molecule has 2 aromatic rings. The molecule has 1 amide bonds. The molecule has 0 saturated heterocycles. The predicted molar refractivity (Wildman–Crippen MR) is 166 cm³/mol. The molecule has 2 rings (SSSR count). The van der Waals surface area contributed by atoms with Crippen molar-refractivity contribution in [3.63, 3.8) is 0 Å². The number of hydrazone groups is 1. The molecule has 0 aliphatic carbocycles. The van der Waals surface area contributed by atoms with Crippen molar-refractivity contribution >= 4 is 34.0 Å². The Labute approximate surface area is 244 Å². The maximum Gasteiger partial charge on any atom is 0.343 e. The van der Waals surface area contributed by atoms with Crippen molar-refractivity contribution in [3.8, 4) is 5.75 Å². The lowest BCUT2D eigenvalue weighted by atomic mass is 10.0. The van der Waals surface area contributed by atoms with E-state index in [2.05, 4.69) is 33.4 Å². The number of nitrogens with zero attached hydrogens (tertiary/aromatic N) is 1. The summed E-state index contributed by atoms with van der Waals surface area (Å²) in [6.07, 6.45) is 21.5. The largest absolute Gasteiger partial charge is 0.422 e. The summed E-state index contributed by atoms with van der Waals surface area (Å²) in [6.45, 7) is 4.14. The molecule has 0 saturated carbocycles. The third-order valence-corrected chi connectivity index (χ3v) is 7.43. The van der Waals surface area contributed by atoms with Crippen LogP contribution < -0.4 is 10.2 Å². The topological polar surface area (TPSA) is 67.8 Å². The Bertz CT molecular complexity index is 1020. The van der Waals surface area contributed by atoms with Gasteiger partial charge in [0.1, 0.15) is 5.75 Å². The van der Waals surface area contributed by atoms with E-state index in [1.807, 2.05) is 25.1 Å². The number of amides is 1. The van der Waals surface area contributed by atoms with Crippen LogP contribution in [-0.4, -0.2) is 18.1 Å². The van der Waals surface area contributed by atoms with Gasteiger partial charge in [-0.05, 0) is 43.2 Å². The Morgan fingerprint density at radius 2 is 1.38 bits per heavy atom. The van der Waals surface area contributed by atoms with Gasteiger partial charge in [0.05, 0.1) is 11.8 Å². The van der Waals surface area contributed by atoms with Crippen LogP contribution in [0, 0.1) is 6.92 Å². The molecule has 0 aromatic heterocycles. The molecule has 0 bridgehead atoms. The number of ether oxygens (including phenoxy) is 1. The fourth-order valence-corrected chi connectivity index (χ4v) is 4.94. The summed E-state index contributed by atoms with van der Waals surface area (Å²) in [4.78, 5) is 24.8. The van der Waals surface area contributed by atoms with E-state index in [4.69, 9.17) is 4.74 Å². The fraction of sp³-hybridized carbons (Fsp3) is 0.545. The highest BCUT2D eigenvalue weighted by atomic mass is 79.9. The molecule has 0 spiro atoms. The van der Waals surface area contributed by atoms with E-state index in [0.29, 0.717) is 23.3 Å². The highest BCUT2D eigenvalue weighted by molar-refractivity contribution is 9.10. The molecule has 0 fully saturated rings. The van der Waals surface area contributed by atoms with Gasteiger partial charge >= 0.3 is 5.97 Å². The first-order chi connectivity index (χ1) is 19.0. The number of rotatable bonds is 20. The number of hydrogen-bond donors (Lipinski definition) is 1. The number of hydrogen-bond acceptors (Lipinski definition) is 4. The molecule has 1 N–H and O–H groups in total. The molecule has 0 aliphatic rings. The summed E-state index contributed by atoms with van der Waals surface area (Å²) in [7, 11) is 0. The Kier molecular flexibility index (Phi) is 17.2. The van der Waals surface area contributed by atoms with Crippen LogP contribution in [0.4, 0.5) is 0 Å². The summed E-state index contributed by atoms with van der Waals surface area (Å²) in [5.74, 6) is -0.150. The first-order valence-electron chi connectivity index (χ1n) is 14.9. The summed E-state index contributed by atoms with van der Waals surface area (Å²) in [5, 5.41) is 4.09. The molecule has 0 unspecified atom stereocenters. The van der Waals surface area contributed by atoms with E-state index in [0.717, 1.165) is 22.9 Å². The molecular weight excluding hydrogens is 552 g/mol. The highest BCUT2D eigenvalue weighted by Gasteiger charge is 2.13. The Morgan fingerprint density at radius 1 is 0.821 bits per heavy atom. The Hall–Kier alpha value is -2.47. The summed E-state index contributed by atoms with van der Waals surface area (Å²) < 4.78 is 6.44. The maximum absolute atomic E-state index is 12.6. The number of benzene rings is 2. The van der Waals surface area contributed by atoms with Crippen LogP contribution in [0.2, 0.25) is 0 Å². The zero-order valence-electron chi connectivity index (χ0n) is 24.0. The second-order valence-electron chi connectivity index (χ2n) is 10.4. The predicted octanol–water partition coefficient (Wildman–Crippen LogP) is 9.69. The van der Waals surface area contributed by atoms with Gasteiger partial charge in [-0.2, -0.15) is 5.10 Å². The molecule has 0 aliphatic heterocycles. The minimum absolute atomic E-state index is 0.102. The first kappa shape index (κ1) is 32.7. The molecular formula is C33H47BrN2O3. The van der Waals surface area contributed by atoms with Crippen molar-refractivity contribution in [2.24, 2.45) is 5.10 Å². The van der Waals surface area contributed by atoms with E-state index < -0.39 is 5.97 Å². The lowest BCUT2D eigenvalue weighted by Gasteiger charge is -2.09. The maximum atomic E-state index is 12.6. The Morgan fingerprint density at radius 3 is 1.97 bits per heavy atom. The zero-order valence-corrected chi connectivity index (χ0v) is 25.6. The van der Waals surface area contributed by atoms with Gasteiger partial charge in [0.15, 0.2) is 0 Å². The highest BCUT2D eigenvalue weighted by Crippen LogP contribution is 2.23. The summed E-state index contributed by atoms with van der Waals surface area (Å²) in [6, 6.07) is 12.6. The van der Waals surface area contributed by atoms with Crippen LogP contribution in [0.25, 0.3) is 0 Å². The number of aryl methyl sites for hydroxylation is 1. The van der Waals surface area contributed by atoms with Crippen molar-refractivity contribution in [2.45, 2.75) is 117 Å². The van der Waals surface area contributed by atoms with Crippen molar-refractivity contribution in [1.82, 2.24) is 5.43 Å². The quantitative estimate of drug-likeness (QED) is 0.0542. The van der Waals surface area contributed by atoms with Crippen LogP contribution in [0.5, 0.6) is 5.75 Å². The lowest BCUT2D eigenvalue weighted by molar-refractivity contribution is -0.121. The smallest absolute Gasteiger partial charge is 0.343 e. The third-order valence-electron chi connectivity index (χ3n) is 6.94. The SMILES string of the molecule is CCCCCCCCCCCCCCCCCC(=O)NN=Cc1cc(Br)ccc1OC(=O)c1ccccc1C. The molecule has 214 valence electrons.